The first kappa shape index (κ1) is 35.5. The van der Waals surface area contributed by atoms with E-state index in [1.807, 2.05) is 91.9 Å². The molecule has 9 heteroatoms. The normalized spacial score (nSPS) is 14.7. The van der Waals surface area contributed by atoms with Gasteiger partial charge in [0.1, 0.15) is 5.84 Å². The number of ether oxygens (including phenoxy) is 1. The topological polar surface area (TPSA) is 143 Å². The van der Waals surface area contributed by atoms with Crippen LogP contribution in [-0.4, -0.2) is 35.6 Å². The van der Waals surface area contributed by atoms with E-state index < -0.39 is 6.09 Å². The van der Waals surface area contributed by atoms with E-state index in [1.54, 1.807) is 13.1 Å². The fourth-order valence-corrected chi connectivity index (χ4v) is 6.70. The van der Waals surface area contributed by atoms with Gasteiger partial charge in [0.25, 0.3) is 5.91 Å². The molecule has 0 saturated heterocycles. The third kappa shape index (κ3) is 8.26. The van der Waals surface area contributed by atoms with Gasteiger partial charge in [-0.25, -0.2) is 4.79 Å². The van der Waals surface area contributed by atoms with Gasteiger partial charge in [-0.2, -0.15) is 5.10 Å². The Morgan fingerprint density at radius 2 is 1.44 bits per heavy atom. The van der Waals surface area contributed by atoms with Crippen LogP contribution in [0.15, 0.2) is 139 Å². The number of amidine groups is 1. The van der Waals surface area contributed by atoms with Crippen LogP contribution in [0.3, 0.4) is 0 Å². The van der Waals surface area contributed by atoms with Crippen LogP contribution in [0.4, 0.5) is 10.5 Å². The summed E-state index contributed by atoms with van der Waals surface area (Å²) in [5.41, 5.74) is 7.59. The zero-order valence-electron chi connectivity index (χ0n) is 30.0. The van der Waals surface area contributed by atoms with E-state index in [0.717, 1.165) is 49.4 Å². The Labute approximate surface area is 313 Å². The van der Waals surface area contributed by atoms with Crippen LogP contribution in [0.2, 0.25) is 0 Å². The van der Waals surface area contributed by atoms with Gasteiger partial charge in [0.05, 0.1) is 18.3 Å². The fraction of sp³-hybridized carbons (Fsp3) is 0.133. The van der Waals surface area contributed by atoms with Crippen LogP contribution in [0.1, 0.15) is 63.5 Å². The van der Waals surface area contributed by atoms with Gasteiger partial charge in [-0.15, -0.1) is 0 Å². The summed E-state index contributed by atoms with van der Waals surface area (Å²) < 4.78 is 4.83. The fourth-order valence-electron chi connectivity index (χ4n) is 6.70. The van der Waals surface area contributed by atoms with Crippen LogP contribution in [0, 0.1) is 12.3 Å². The zero-order chi connectivity index (χ0) is 37.6. The molecule has 1 aliphatic rings. The lowest BCUT2D eigenvalue weighted by Crippen LogP contribution is -2.31. The highest BCUT2D eigenvalue weighted by Gasteiger charge is 2.39. The van der Waals surface area contributed by atoms with E-state index in [1.165, 1.54) is 17.5 Å². The molecule has 1 heterocycles. The summed E-state index contributed by atoms with van der Waals surface area (Å²) >= 11 is 0. The molecule has 6 aromatic carbocycles. The SMILES string of the molecule is CCOC(=O)NC(=N)c1ccc2cc(C3CC3c3ccccc3)ccc2c1.Cc1ccc2cc(NC(=O)c3ccc4cc(C=NN)ccc4c3)ccc2n1. The molecule has 2 unspecified atom stereocenters. The maximum Gasteiger partial charge on any atom is 0.412 e. The average Bonchev–Trinajstić information content (AvgIpc) is 3.99. The highest BCUT2D eigenvalue weighted by Crippen LogP contribution is 2.54. The largest absolute Gasteiger partial charge is 0.450 e. The van der Waals surface area contributed by atoms with Crippen molar-refractivity contribution in [2.75, 3.05) is 11.9 Å². The predicted molar refractivity (Wildman–Crippen MR) is 218 cm³/mol. The van der Waals surface area contributed by atoms with Gasteiger partial charge in [0, 0.05) is 27.9 Å². The van der Waals surface area contributed by atoms with Gasteiger partial charge in [0.2, 0.25) is 0 Å². The molecule has 0 radical (unpaired) electrons. The van der Waals surface area contributed by atoms with Crippen LogP contribution < -0.4 is 16.5 Å². The third-order valence-electron chi connectivity index (χ3n) is 9.54. The number of nitrogens with zero attached hydrogens (tertiary/aromatic N) is 2. The lowest BCUT2D eigenvalue weighted by molar-refractivity contribution is 0.102. The van der Waals surface area contributed by atoms with Crippen molar-refractivity contribution in [3.63, 3.8) is 0 Å². The lowest BCUT2D eigenvalue weighted by atomic mass is 9.99. The Hall–Kier alpha value is -6.87. The maximum absolute atomic E-state index is 12.7. The second-order valence-electron chi connectivity index (χ2n) is 13.3. The highest BCUT2D eigenvalue weighted by atomic mass is 16.5. The number of benzene rings is 6. The number of carbonyl (C=O) groups excluding carboxylic acids is 2. The van der Waals surface area contributed by atoms with Crippen molar-refractivity contribution < 1.29 is 14.3 Å². The van der Waals surface area contributed by atoms with E-state index in [4.69, 9.17) is 16.0 Å². The van der Waals surface area contributed by atoms with E-state index in [2.05, 4.69) is 69.2 Å². The number of aromatic nitrogens is 1. The number of nitrogens with two attached hydrogens (primary N) is 1. The number of carbonyl (C=O) groups is 2. The molecule has 1 saturated carbocycles. The van der Waals surface area contributed by atoms with Gasteiger partial charge in [-0.3, -0.25) is 20.5 Å². The number of pyridine rings is 1. The minimum Gasteiger partial charge on any atom is -0.450 e. The first-order valence-electron chi connectivity index (χ1n) is 17.8. The molecular formula is C45H40N6O3. The summed E-state index contributed by atoms with van der Waals surface area (Å²) in [7, 11) is 0. The van der Waals surface area contributed by atoms with E-state index in [0.29, 0.717) is 23.0 Å². The molecule has 0 bridgehead atoms. The van der Waals surface area contributed by atoms with Gasteiger partial charge in [-0.1, -0.05) is 84.9 Å². The number of hydrogen-bond acceptors (Lipinski definition) is 7. The van der Waals surface area contributed by atoms with Crippen molar-refractivity contribution in [1.29, 1.82) is 5.41 Å². The number of hydrazone groups is 1. The van der Waals surface area contributed by atoms with E-state index >= 15 is 0 Å². The molecule has 9 nitrogen and oxygen atoms in total. The number of anilines is 1. The van der Waals surface area contributed by atoms with Crippen molar-refractivity contribution >= 4 is 62.2 Å². The summed E-state index contributed by atoms with van der Waals surface area (Å²) in [5, 5.41) is 22.2. The second kappa shape index (κ2) is 15.8. The molecule has 8 rings (SSSR count). The molecule has 2 amide bonds. The third-order valence-corrected chi connectivity index (χ3v) is 9.54. The summed E-state index contributed by atoms with van der Waals surface area (Å²) in [6, 6.07) is 44.1. The Kier molecular flexibility index (Phi) is 10.4. The van der Waals surface area contributed by atoms with Gasteiger partial charge in [0.15, 0.2) is 0 Å². The summed E-state index contributed by atoms with van der Waals surface area (Å²) in [5.74, 6) is 6.29. The molecule has 7 aromatic rings. The predicted octanol–water partition coefficient (Wildman–Crippen LogP) is 9.42. The van der Waals surface area contributed by atoms with Crippen LogP contribution in [0.25, 0.3) is 32.4 Å². The Morgan fingerprint density at radius 3 is 2.22 bits per heavy atom. The number of rotatable bonds is 7. The lowest BCUT2D eigenvalue weighted by Gasteiger charge is -2.09. The molecule has 54 heavy (non-hydrogen) atoms. The van der Waals surface area contributed by atoms with E-state index in [-0.39, 0.29) is 18.3 Å². The van der Waals surface area contributed by atoms with Crippen molar-refractivity contribution in [3.8, 4) is 0 Å². The number of nitrogens with one attached hydrogen (secondary N) is 3. The molecule has 5 N–H and O–H groups in total. The Morgan fingerprint density at radius 1 is 0.778 bits per heavy atom. The average molecular weight is 713 g/mol. The number of aryl methyl sites for hydroxylation is 1. The van der Waals surface area contributed by atoms with Gasteiger partial charge in [-0.05, 0) is 119 Å². The summed E-state index contributed by atoms with van der Waals surface area (Å²) in [6.07, 6.45) is 2.19. The molecule has 1 fully saturated rings. The first-order valence-corrected chi connectivity index (χ1v) is 17.8. The quantitative estimate of drug-likeness (QED) is 0.0564. The smallest absolute Gasteiger partial charge is 0.412 e. The number of alkyl carbamates (subject to hydrolysis) is 1. The summed E-state index contributed by atoms with van der Waals surface area (Å²) in [6.45, 7) is 3.98. The molecule has 1 aliphatic carbocycles. The number of fused-ring (bicyclic) bond motifs is 3. The zero-order valence-corrected chi connectivity index (χ0v) is 30.0. The van der Waals surface area contributed by atoms with E-state index in [9.17, 15) is 9.59 Å². The molecule has 2 atom stereocenters. The molecule has 268 valence electrons. The summed E-state index contributed by atoms with van der Waals surface area (Å²) in [4.78, 5) is 28.6. The Balaban J connectivity index is 0.000000167. The minimum absolute atomic E-state index is 0.0470. The molecular weight excluding hydrogens is 673 g/mol. The van der Waals surface area contributed by atoms with Crippen molar-refractivity contribution in [3.05, 3.63) is 167 Å². The number of hydrogen-bond donors (Lipinski definition) is 4. The standard InChI is InChI=1S/C23H22N2O2.C22H18N4O/c1-2-27-23(26)25-22(24)19-11-9-16-12-18(10-8-17(16)13-19)21-14-20(21)15-6-4-3-5-7-15;1-14-2-4-18-12-20(8-9-21(18)25-14)26-22(27)19-7-6-16-10-15(13-24-23)3-5-17(16)11-19/h3-13,20-21H,2,14H2,1H3,(H2,24,25,26);2-13H,23H2,1H3,(H,26,27). The van der Waals surface area contributed by atoms with Crippen molar-refractivity contribution in [1.82, 2.24) is 10.3 Å². The van der Waals surface area contributed by atoms with Gasteiger partial charge < -0.3 is 15.9 Å². The highest BCUT2D eigenvalue weighted by molar-refractivity contribution is 6.08. The maximum atomic E-state index is 12.7. The monoisotopic (exact) mass is 712 g/mol. The Bertz CT molecular complexity index is 2550. The second-order valence-corrected chi connectivity index (χ2v) is 13.3. The van der Waals surface area contributed by atoms with Crippen molar-refractivity contribution in [2.45, 2.75) is 32.1 Å². The first-order chi connectivity index (χ1) is 26.3. The van der Waals surface area contributed by atoms with Gasteiger partial charge >= 0.3 is 6.09 Å². The molecule has 0 spiro atoms. The van der Waals surface area contributed by atoms with Crippen molar-refractivity contribution in [2.24, 2.45) is 10.9 Å². The minimum atomic E-state index is -0.598. The van der Waals surface area contributed by atoms with Crippen LogP contribution in [0.5, 0.6) is 0 Å². The molecule has 1 aromatic heterocycles. The van der Waals surface area contributed by atoms with Crippen LogP contribution in [-0.2, 0) is 4.74 Å². The molecule has 0 aliphatic heterocycles. The van der Waals surface area contributed by atoms with Crippen LogP contribution >= 0.6 is 0 Å². The number of amides is 2.